The van der Waals surface area contributed by atoms with Crippen LogP contribution in [0.5, 0.6) is 5.75 Å². The van der Waals surface area contributed by atoms with Crippen LogP contribution in [0, 0.1) is 0 Å². The fourth-order valence-corrected chi connectivity index (χ4v) is 3.11. The number of hydrogen-bond acceptors (Lipinski definition) is 2. The Balaban J connectivity index is 1.90. The topological polar surface area (TPSA) is 29.5 Å². The van der Waals surface area contributed by atoms with Crippen LogP contribution in [0.15, 0.2) is 36.4 Å². The molecule has 1 saturated heterocycles. The van der Waals surface area contributed by atoms with Crippen molar-refractivity contribution in [2.75, 3.05) is 6.61 Å². The number of amides is 1. The quantitative estimate of drug-likeness (QED) is 0.779. The minimum absolute atomic E-state index is 0.112. The molecule has 0 aromatic heterocycles. The highest BCUT2D eigenvalue weighted by molar-refractivity contribution is 5.97. The SMILES string of the molecule is CCOc1ccccc1C(=O)N1[C@H]2CC=C[C@H]1CC2. The van der Waals surface area contributed by atoms with Crippen molar-refractivity contribution in [2.45, 2.75) is 38.3 Å². The van der Waals surface area contributed by atoms with Crippen LogP contribution < -0.4 is 4.74 Å². The van der Waals surface area contributed by atoms with E-state index in [-0.39, 0.29) is 11.9 Å². The molecule has 0 N–H and O–H groups in total. The van der Waals surface area contributed by atoms with Crippen LogP contribution in [-0.2, 0) is 0 Å². The summed E-state index contributed by atoms with van der Waals surface area (Å²) in [4.78, 5) is 14.8. The summed E-state index contributed by atoms with van der Waals surface area (Å²) in [5.41, 5.74) is 0.691. The lowest BCUT2D eigenvalue weighted by Gasteiger charge is -2.32. The van der Waals surface area contributed by atoms with E-state index < -0.39 is 0 Å². The highest BCUT2D eigenvalue weighted by atomic mass is 16.5. The van der Waals surface area contributed by atoms with E-state index in [0.717, 1.165) is 19.3 Å². The molecule has 2 bridgehead atoms. The molecule has 0 radical (unpaired) electrons. The number of ether oxygens (including phenoxy) is 1. The van der Waals surface area contributed by atoms with Gasteiger partial charge in [0.15, 0.2) is 0 Å². The fourth-order valence-electron chi connectivity index (χ4n) is 3.11. The van der Waals surface area contributed by atoms with Crippen molar-refractivity contribution in [3.63, 3.8) is 0 Å². The first-order valence-corrected chi connectivity index (χ1v) is 7.02. The summed E-state index contributed by atoms with van der Waals surface area (Å²) in [5.74, 6) is 0.810. The molecule has 1 aromatic rings. The molecule has 0 aliphatic carbocycles. The van der Waals surface area contributed by atoms with Crippen LogP contribution in [0.2, 0.25) is 0 Å². The molecule has 2 atom stereocenters. The normalized spacial score (nSPS) is 24.6. The zero-order valence-corrected chi connectivity index (χ0v) is 11.2. The Hall–Kier alpha value is -1.77. The lowest BCUT2D eigenvalue weighted by molar-refractivity contribution is 0.0684. The van der Waals surface area contributed by atoms with Crippen LogP contribution in [0.4, 0.5) is 0 Å². The third-order valence-corrected chi connectivity index (χ3v) is 3.96. The predicted molar refractivity (Wildman–Crippen MR) is 74.3 cm³/mol. The Morgan fingerprint density at radius 1 is 1.37 bits per heavy atom. The van der Waals surface area contributed by atoms with E-state index in [0.29, 0.717) is 24.0 Å². The van der Waals surface area contributed by atoms with E-state index in [1.165, 1.54) is 0 Å². The van der Waals surface area contributed by atoms with E-state index in [1.54, 1.807) is 0 Å². The molecule has 0 spiro atoms. The van der Waals surface area contributed by atoms with Crippen LogP contribution >= 0.6 is 0 Å². The van der Waals surface area contributed by atoms with E-state index >= 15 is 0 Å². The summed E-state index contributed by atoms with van der Waals surface area (Å²) in [7, 11) is 0. The van der Waals surface area contributed by atoms with Gasteiger partial charge in [-0.25, -0.2) is 0 Å². The van der Waals surface area contributed by atoms with Gasteiger partial charge in [-0.15, -0.1) is 0 Å². The Morgan fingerprint density at radius 3 is 3.00 bits per heavy atom. The molecule has 1 amide bonds. The van der Waals surface area contributed by atoms with Gasteiger partial charge in [0.05, 0.1) is 18.2 Å². The summed E-state index contributed by atoms with van der Waals surface area (Å²) in [6.07, 6.45) is 7.56. The molecule has 0 unspecified atom stereocenters. The molecule has 100 valence electrons. The number of rotatable bonds is 3. The van der Waals surface area contributed by atoms with Gasteiger partial charge < -0.3 is 9.64 Å². The highest BCUT2D eigenvalue weighted by Crippen LogP contribution is 2.34. The number of para-hydroxylation sites is 1. The van der Waals surface area contributed by atoms with Gasteiger partial charge in [0.25, 0.3) is 5.91 Å². The summed E-state index contributed by atoms with van der Waals surface area (Å²) >= 11 is 0. The van der Waals surface area contributed by atoms with E-state index in [9.17, 15) is 4.79 Å². The summed E-state index contributed by atoms with van der Waals surface area (Å²) < 4.78 is 5.57. The largest absolute Gasteiger partial charge is 0.493 e. The molecule has 2 heterocycles. The first-order chi connectivity index (χ1) is 9.31. The Kier molecular flexibility index (Phi) is 3.28. The van der Waals surface area contributed by atoms with Crippen molar-refractivity contribution in [3.05, 3.63) is 42.0 Å². The minimum atomic E-state index is 0.112. The van der Waals surface area contributed by atoms with Crippen LogP contribution in [0.1, 0.15) is 36.5 Å². The maximum absolute atomic E-state index is 12.8. The second kappa shape index (κ2) is 5.08. The maximum atomic E-state index is 12.8. The number of carbonyl (C=O) groups excluding carboxylic acids is 1. The van der Waals surface area contributed by atoms with Crippen molar-refractivity contribution < 1.29 is 9.53 Å². The number of fused-ring (bicyclic) bond motifs is 2. The minimum Gasteiger partial charge on any atom is -0.493 e. The fraction of sp³-hybridized carbons (Fsp3) is 0.438. The van der Waals surface area contributed by atoms with Crippen molar-refractivity contribution in [2.24, 2.45) is 0 Å². The second-order valence-electron chi connectivity index (χ2n) is 5.10. The van der Waals surface area contributed by atoms with Gasteiger partial charge in [0.2, 0.25) is 0 Å². The molecule has 1 aromatic carbocycles. The average molecular weight is 257 g/mol. The molecule has 19 heavy (non-hydrogen) atoms. The van der Waals surface area contributed by atoms with Crippen molar-refractivity contribution in [3.8, 4) is 5.75 Å². The molecule has 3 heteroatoms. The third kappa shape index (κ3) is 2.14. The van der Waals surface area contributed by atoms with Crippen molar-refractivity contribution in [1.29, 1.82) is 0 Å². The Morgan fingerprint density at radius 2 is 2.21 bits per heavy atom. The second-order valence-corrected chi connectivity index (χ2v) is 5.10. The lowest BCUT2D eigenvalue weighted by Crippen LogP contribution is -2.42. The van der Waals surface area contributed by atoms with Gasteiger partial charge in [-0.2, -0.15) is 0 Å². The molecule has 1 fully saturated rings. The number of carbonyl (C=O) groups is 1. The predicted octanol–water partition coefficient (Wildman–Crippen LogP) is 3.02. The number of benzene rings is 1. The molecule has 3 nitrogen and oxygen atoms in total. The van der Waals surface area contributed by atoms with Crippen LogP contribution in [-0.4, -0.2) is 29.5 Å². The third-order valence-electron chi connectivity index (χ3n) is 3.96. The van der Waals surface area contributed by atoms with E-state index in [4.69, 9.17) is 4.74 Å². The molecule has 2 aliphatic heterocycles. The molecule has 2 aliphatic rings. The zero-order chi connectivity index (χ0) is 13.2. The van der Waals surface area contributed by atoms with E-state index in [2.05, 4.69) is 12.2 Å². The van der Waals surface area contributed by atoms with Crippen LogP contribution in [0.3, 0.4) is 0 Å². The monoisotopic (exact) mass is 257 g/mol. The molecular formula is C16H19NO2. The van der Waals surface area contributed by atoms with Crippen LogP contribution in [0.25, 0.3) is 0 Å². The standard InChI is InChI=1S/C16H19NO2/c1-2-19-15-9-4-3-8-14(15)16(18)17-12-6-5-7-13(17)11-10-12/h3-6,8-9,12-13H,2,7,10-11H2,1H3/t12-,13-/m0/s1. The summed E-state index contributed by atoms with van der Waals surface area (Å²) in [6.45, 7) is 2.52. The maximum Gasteiger partial charge on any atom is 0.258 e. The van der Waals surface area contributed by atoms with E-state index in [1.807, 2.05) is 36.1 Å². The number of hydrogen-bond donors (Lipinski definition) is 0. The highest BCUT2D eigenvalue weighted by Gasteiger charge is 2.38. The smallest absolute Gasteiger partial charge is 0.258 e. The first kappa shape index (κ1) is 12.3. The lowest BCUT2D eigenvalue weighted by atomic mass is 10.1. The zero-order valence-electron chi connectivity index (χ0n) is 11.2. The van der Waals surface area contributed by atoms with Gasteiger partial charge in [0, 0.05) is 6.04 Å². The summed E-state index contributed by atoms with van der Waals surface area (Å²) in [5, 5.41) is 0. The first-order valence-electron chi connectivity index (χ1n) is 7.02. The average Bonchev–Trinajstić information content (AvgIpc) is 2.68. The Labute approximate surface area is 113 Å². The van der Waals surface area contributed by atoms with Gasteiger partial charge in [0.1, 0.15) is 5.75 Å². The molecule has 3 rings (SSSR count). The number of nitrogens with zero attached hydrogens (tertiary/aromatic N) is 1. The Bertz CT molecular complexity index is 509. The van der Waals surface area contributed by atoms with Gasteiger partial charge in [-0.3, -0.25) is 4.79 Å². The summed E-state index contributed by atoms with van der Waals surface area (Å²) in [6, 6.07) is 8.20. The molecule has 0 saturated carbocycles. The van der Waals surface area contributed by atoms with Gasteiger partial charge in [-0.1, -0.05) is 24.3 Å². The molecular weight excluding hydrogens is 238 g/mol. The van der Waals surface area contributed by atoms with Gasteiger partial charge >= 0.3 is 0 Å². The van der Waals surface area contributed by atoms with Crippen molar-refractivity contribution in [1.82, 2.24) is 4.90 Å². The van der Waals surface area contributed by atoms with Crippen molar-refractivity contribution >= 4 is 5.91 Å². The van der Waals surface area contributed by atoms with Gasteiger partial charge in [-0.05, 0) is 38.3 Å².